The van der Waals surface area contributed by atoms with Crippen LogP contribution in [-0.4, -0.2) is 29.8 Å². The van der Waals surface area contributed by atoms with Crippen molar-refractivity contribution < 1.29 is 4.39 Å². The lowest BCUT2D eigenvalue weighted by atomic mass is 9.98. The molecule has 0 saturated carbocycles. The van der Waals surface area contributed by atoms with Gasteiger partial charge in [-0.25, -0.2) is 4.39 Å². The smallest absolute Gasteiger partial charge is 0.148 e. The number of nitrogens with zero attached hydrogens (tertiary/aromatic N) is 2. The fourth-order valence-electron chi connectivity index (χ4n) is 2.54. The zero-order valence-corrected chi connectivity index (χ0v) is 11.8. The summed E-state index contributed by atoms with van der Waals surface area (Å²) in [5.74, 6) is 1.25. The van der Waals surface area contributed by atoms with Crippen molar-refractivity contribution >= 4 is 5.82 Å². The molecule has 0 atom stereocenters. The normalized spacial score (nSPS) is 15.9. The maximum absolute atomic E-state index is 12.9. The van der Waals surface area contributed by atoms with E-state index in [9.17, 15) is 4.39 Å². The molecule has 0 unspecified atom stereocenters. The first-order valence-corrected chi connectivity index (χ1v) is 7.35. The van der Waals surface area contributed by atoms with Gasteiger partial charge in [-0.05, 0) is 68.2 Å². The number of halogens is 1. The van der Waals surface area contributed by atoms with Gasteiger partial charge in [-0.2, -0.15) is 0 Å². The molecule has 4 nitrogen and oxygen atoms in total. The first-order chi connectivity index (χ1) is 10.3. The van der Waals surface area contributed by atoms with E-state index in [2.05, 4.69) is 20.8 Å². The fourth-order valence-corrected chi connectivity index (χ4v) is 2.54. The van der Waals surface area contributed by atoms with Crippen LogP contribution in [0.3, 0.4) is 0 Å². The Hall–Kier alpha value is -2.01. The summed E-state index contributed by atoms with van der Waals surface area (Å²) in [5, 5.41) is 15.1. The van der Waals surface area contributed by atoms with E-state index in [0.717, 1.165) is 36.7 Å². The topological polar surface area (TPSA) is 49.8 Å². The van der Waals surface area contributed by atoms with E-state index in [-0.39, 0.29) is 5.82 Å². The van der Waals surface area contributed by atoms with E-state index in [1.807, 2.05) is 12.1 Å². The zero-order chi connectivity index (χ0) is 14.5. The molecule has 2 aromatic rings. The standard InChI is InChI=1S/C16H19FN4/c17-14-3-1-13(2-4-14)15-5-6-16(21-20-15)19-11-12-7-9-18-10-8-12/h1-6,12,18H,7-11H2,(H,19,21). The van der Waals surface area contributed by atoms with Crippen LogP contribution in [0.2, 0.25) is 0 Å². The Morgan fingerprint density at radius 3 is 2.48 bits per heavy atom. The number of hydrogen-bond donors (Lipinski definition) is 2. The number of piperidine rings is 1. The van der Waals surface area contributed by atoms with E-state index in [4.69, 9.17) is 0 Å². The van der Waals surface area contributed by atoms with Crippen LogP contribution >= 0.6 is 0 Å². The van der Waals surface area contributed by atoms with Gasteiger partial charge in [-0.15, -0.1) is 10.2 Å². The monoisotopic (exact) mass is 286 g/mol. The lowest BCUT2D eigenvalue weighted by Gasteiger charge is -2.22. The molecule has 0 aliphatic carbocycles. The van der Waals surface area contributed by atoms with Gasteiger partial charge < -0.3 is 10.6 Å². The van der Waals surface area contributed by atoms with E-state index in [1.165, 1.54) is 25.0 Å². The molecule has 2 N–H and O–H groups in total. The van der Waals surface area contributed by atoms with Crippen molar-refractivity contribution in [3.8, 4) is 11.3 Å². The van der Waals surface area contributed by atoms with Crippen LogP contribution < -0.4 is 10.6 Å². The van der Waals surface area contributed by atoms with Crippen LogP contribution in [0.1, 0.15) is 12.8 Å². The number of anilines is 1. The van der Waals surface area contributed by atoms with Gasteiger partial charge >= 0.3 is 0 Å². The van der Waals surface area contributed by atoms with Gasteiger partial charge in [0.05, 0.1) is 5.69 Å². The summed E-state index contributed by atoms with van der Waals surface area (Å²) in [4.78, 5) is 0. The third kappa shape index (κ3) is 3.76. The van der Waals surface area contributed by atoms with Gasteiger partial charge in [0, 0.05) is 12.1 Å². The first kappa shape index (κ1) is 13.9. The third-order valence-electron chi connectivity index (χ3n) is 3.84. The number of aromatic nitrogens is 2. The Bertz CT molecular complexity index is 562. The average molecular weight is 286 g/mol. The van der Waals surface area contributed by atoms with Crippen LogP contribution in [0.5, 0.6) is 0 Å². The molecule has 1 aliphatic heterocycles. The van der Waals surface area contributed by atoms with Gasteiger partial charge in [0.1, 0.15) is 11.6 Å². The fraction of sp³-hybridized carbons (Fsp3) is 0.375. The number of rotatable bonds is 4. The van der Waals surface area contributed by atoms with Gasteiger partial charge in [-0.1, -0.05) is 0 Å². The zero-order valence-electron chi connectivity index (χ0n) is 11.8. The van der Waals surface area contributed by atoms with Crippen LogP contribution in [0.25, 0.3) is 11.3 Å². The van der Waals surface area contributed by atoms with Crippen molar-refractivity contribution in [1.82, 2.24) is 15.5 Å². The Balaban J connectivity index is 1.59. The van der Waals surface area contributed by atoms with Crippen LogP contribution in [0, 0.1) is 11.7 Å². The van der Waals surface area contributed by atoms with Crippen molar-refractivity contribution in [3.05, 3.63) is 42.2 Å². The van der Waals surface area contributed by atoms with Gasteiger partial charge in [0.15, 0.2) is 0 Å². The number of benzene rings is 1. The van der Waals surface area contributed by atoms with Crippen LogP contribution in [0.15, 0.2) is 36.4 Å². The molecule has 1 aromatic carbocycles. The van der Waals surface area contributed by atoms with E-state index >= 15 is 0 Å². The van der Waals surface area contributed by atoms with Crippen LogP contribution in [-0.2, 0) is 0 Å². The summed E-state index contributed by atoms with van der Waals surface area (Å²) >= 11 is 0. The van der Waals surface area contributed by atoms with Crippen LogP contribution in [0.4, 0.5) is 10.2 Å². The molecule has 1 fully saturated rings. The Kier molecular flexibility index (Phi) is 4.40. The predicted molar refractivity (Wildman–Crippen MR) is 81.5 cm³/mol. The second kappa shape index (κ2) is 6.63. The summed E-state index contributed by atoms with van der Waals surface area (Å²) < 4.78 is 12.9. The van der Waals surface area contributed by atoms with E-state index < -0.39 is 0 Å². The SMILES string of the molecule is Fc1ccc(-c2ccc(NCC3CCNCC3)nn2)cc1. The molecule has 0 amide bonds. The molecule has 0 bridgehead atoms. The number of hydrogen-bond acceptors (Lipinski definition) is 4. The first-order valence-electron chi connectivity index (χ1n) is 7.35. The molecule has 1 aliphatic rings. The quantitative estimate of drug-likeness (QED) is 0.907. The van der Waals surface area contributed by atoms with Gasteiger partial charge in [0.25, 0.3) is 0 Å². The minimum Gasteiger partial charge on any atom is -0.368 e. The lowest BCUT2D eigenvalue weighted by Crippen LogP contribution is -2.31. The Morgan fingerprint density at radius 2 is 1.81 bits per heavy atom. The molecule has 0 radical (unpaired) electrons. The average Bonchev–Trinajstić information content (AvgIpc) is 2.55. The minimum absolute atomic E-state index is 0.244. The Morgan fingerprint density at radius 1 is 1.05 bits per heavy atom. The van der Waals surface area contributed by atoms with Gasteiger partial charge in [-0.3, -0.25) is 0 Å². The molecule has 21 heavy (non-hydrogen) atoms. The van der Waals surface area contributed by atoms with Crippen molar-refractivity contribution in [2.45, 2.75) is 12.8 Å². The van der Waals surface area contributed by atoms with Crippen molar-refractivity contribution in [2.75, 3.05) is 25.0 Å². The third-order valence-corrected chi connectivity index (χ3v) is 3.84. The minimum atomic E-state index is -0.244. The molecule has 1 aromatic heterocycles. The van der Waals surface area contributed by atoms with Crippen molar-refractivity contribution in [1.29, 1.82) is 0 Å². The highest BCUT2D eigenvalue weighted by molar-refractivity contribution is 5.59. The Labute approximate surface area is 123 Å². The molecule has 1 saturated heterocycles. The van der Waals surface area contributed by atoms with Crippen molar-refractivity contribution in [3.63, 3.8) is 0 Å². The second-order valence-electron chi connectivity index (χ2n) is 5.38. The molecular formula is C16H19FN4. The largest absolute Gasteiger partial charge is 0.368 e. The molecule has 110 valence electrons. The van der Waals surface area contributed by atoms with Crippen molar-refractivity contribution in [2.24, 2.45) is 5.92 Å². The summed E-state index contributed by atoms with van der Waals surface area (Å²) in [6, 6.07) is 10.1. The molecule has 3 rings (SSSR count). The van der Waals surface area contributed by atoms with E-state index in [1.54, 1.807) is 12.1 Å². The van der Waals surface area contributed by atoms with E-state index in [0.29, 0.717) is 5.92 Å². The molecule has 0 spiro atoms. The highest BCUT2D eigenvalue weighted by Gasteiger charge is 2.12. The summed E-state index contributed by atoms with van der Waals surface area (Å²) in [6.07, 6.45) is 2.40. The lowest BCUT2D eigenvalue weighted by molar-refractivity contribution is 0.389. The second-order valence-corrected chi connectivity index (χ2v) is 5.38. The molecular weight excluding hydrogens is 267 g/mol. The maximum atomic E-state index is 12.9. The molecule has 2 heterocycles. The summed E-state index contributed by atoms with van der Waals surface area (Å²) in [6.45, 7) is 3.13. The summed E-state index contributed by atoms with van der Waals surface area (Å²) in [5.41, 5.74) is 1.62. The molecule has 5 heteroatoms. The highest BCUT2D eigenvalue weighted by Crippen LogP contribution is 2.18. The maximum Gasteiger partial charge on any atom is 0.148 e. The predicted octanol–water partition coefficient (Wildman–Crippen LogP) is 2.69. The summed E-state index contributed by atoms with van der Waals surface area (Å²) in [7, 11) is 0. The van der Waals surface area contributed by atoms with Gasteiger partial charge in [0.2, 0.25) is 0 Å². The highest BCUT2D eigenvalue weighted by atomic mass is 19.1. The number of nitrogens with one attached hydrogen (secondary N) is 2.